The predicted octanol–water partition coefficient (Wildman–Crippen LogP) is 2.28. The summed E-state index contributed by atoms with van der Waals surface area (Å²) >= 11 is 6.02. The highest BCUT2D eigenvalue weighted by Gasteiger charge is 2.23. The minimum atomic E-state index is -0.668. The van der Waals surface area contributed by atoms with Crippen LogP contribution in [0.1, 0.15) is 45.2 Å². The maximum atomic E-state index is 12.8. The van der Waals surface area contributed by atoms with Crippen molar-refractivity contribution in [3.63, 3.8) is 0 Å². The second kappa shape index (κ2) is 10.3. The van der Waals surface area contributed by atoms with E-state index in [1.165, 1.54) is 9.47 Å². The van der Waals surface area contributed by atoms with Crippen LogP contribution in [0.15, 0.2) is 33.9 Å². The monoisotopic (exact) mass is 421 g/mol. The average Bonchev–Trinajstić information content (AvgIpc) is 2.68. The number of halogens is 1. The third-order valence-corrected chi connectivity index (χ3v) is 4.98. The summed E-state index contributed by atoms with van der Waals surface area (Å²) in [5.74, 6) is -0.315. The smallest absolute Gasteiger partial charge is 0.330 e. The summed E-state index contributed by atoms with van der Waals surface area (Å²) in [7, 11) is 0. The first-order chi connectivity index (χ1) is 13.8. The Bertz CT molecular complexity index is 969. The van der Waals surface area contributed by atoms with E-state index in [2.05, 4.69) is 10.3 Å². The highest BCUT2D eigenvalue weighted by molar-refractivity contribution is 6.30. The van der Waals surface area contributed by atoms with Gasteiger partial charge in [-0.1, -0.05) is 37.1 Å². The van der Waals surface area contributed by atoms with E-state index >= 15 is 0 Å². The zero-order valence-corrected chi connectivity index (χ0v) is 17.8. The van der Waals surface area contributed by atoms with Crippen LogP contribution in [0.25, 0.3) is 0 Å². The van der Waals surface area contributed by atoms with Gasteiger partial charge in [0.1, 0.15) is 5.82 Å². The molecule has 0 saturated carbocycles. The fourth-order valence-electron chi connectivity index (χ4n) is 3.07. The lowest BCUT2D eigenvalue weighted by molar-refractivity contribution is -0.117. The van der Waals surface area contributed by atoms with Crippen LogP contribution >= 0.6 is 11.6 Å². The summed E-state index contributed by atoms with van der Waals surface area (Å²) in [6, 6.07) is 7.25. The number of nitrogens with two attached hydrogens (primary N) is 1. The lowest BCUT2D eigenvalue weighted by atomic mass is 10.1. The summed E-state index contributed by atoms with van der Waals surface area (Å²) in [4.78, 5) is 40.9. The lowest BCUT2D eigenvalue weighted by Crippen LogP contribution is -2.44. The van der Waals surface area contributed by atoms with E-state index in [4.69, 9.17) is 17.3 Å². The van der Waals surface area contributed by atoms with Gasteiger partial charge in [0.25, 0.3) is 5.56 Å². The van der Waals surface area contributed by atoms with Crippen molar-refractivity contribution < 1.29 is 4.79 Å². The molecule has 0 aliphatic heterocycles. The summed E-state index contributed by atoms with van der Waals surface area (Å²) in [5, 5.41) is 3.76. The zero-order valence-electron chi connectivity index (χ0n) is 17.0. The molecule has 9 heteroatoms. The van der Waals surface area contributed by atoms with Crippen LogP contribution < -0.4 is 27.2 Å². The number of carbonyl (C=O) groups excluding carboxylic acids is 1. The molecule has 0 fully saturated rings. The van der Waals surface area contributed by atoms with Gasteiger partial charge in [0, 0.05) is 24.2 Å². The van der Waals surface area contributed by atoms with Crippen LogP contribution in [0.2, 0.25) is 5.02 Å². The van der Waals surface area contributed by atoms with Crippen molar-refractivity contribution in [1.82, 2.24) is 14.9 Å². The molecule has 0 aliphatic carbocycles. The van der Waals surface area contributed by atoms with Gasteiger partial charge in [0.15, 0.2) is 5.69 Å². The molecule has 1 aromatic heterocycles. The Morgan fingerprint density at radius 1 is 1.34 bits per heavy atom. The number of aromatic amines is 1. The molecule has 1 aromatic carbocycles. The summed E-state index contributed by atoms with van der Waals surface area (Å²) in [6.07, 6.45) is 1.59. The second-order valence-electron chi connectivity index (χ2n) is 6.79. The number of nitrogens with zero attached hydrogens (tertiary/aromatic N) is 2. The van der Waals surface area contributed by atoms with Crippen LogP contribution in [-0.2, 0) is 11.3 Å². The van der Waals surface area contributed by atoms with Crippen molar-refractivity contribution in [3.8, 4) is 0 Å². The van der Waals surface area contributed by atoms with E-state index in [1.54, 1.807) is 13.0 Å². The van der Waals surface area contributed by atoms with Gasteiger partial charge < -0.3 is 16.0 Å². The number of unbranched alkanes of at least 4 members (excludes halogenated alkanes) is 1. The van der Waals surface area contributed by atoms with Gasteiger partial charge >= 0.3 is 5.69 Å². The highest BCUT2D eigenvalue weighted by Crippen LogP contribution is 2.19. The Labute approximate surface area is 174 Å². The molecule has 1 heterocycles. The van der Waals surface area contributed by atoms with Crippen LogP contribution in [0.4, 0.5) is 11.5 Å². The summed E-state index contributed by atoms with van der Waals surface area (Å²) in [6.45, 7) is 6.27. The molecule has 1 atom stereocenters. The van der Waals surface area contributed by atoms with E-state index < -0.39 is 11.2 Å². The number of nitrogen functional groups attached to an aromatic ring is 1. The normalized spacial score (nSPS) is 12.0. The molecule has 2 rings (SSSR count). The van der Waals surface area contributed by atoms with Crippen LogP contribution in [0, 0.1) is 0 Å². The molecule has 2 aromatic rings. The molecular formula is C20H28ClN5O3. The molecule has 1 amide bonds. The van der Waals surface area contributed by atoms with Crippen molar-refractivity contribution in [2.45, 2.75) is 46.2 Å². The third kappa shape index (κ3) is 5.48. The first kappa shape index (κ1) is 22.7. The Hall–Kier alpha value is -2.58. The van der Waals surface area contributed by atoms with Gasteiger partial charge in [-0.25, -0.2) is 4.79 Å². The molecule has 0 bridgehead atoms. The summed E-state index contributed by atoms with van der Waals surface area (Å²) < 4.78 is 1.30. The fourth-order valence-corrected chi connectivity index (χ4v) is 3.26. The molecule has 0 radical (unpaired) electrons. The Morgan fingerprint density at radius 2 is 2.07 bits per heavy atom. The van der Waals surface area contributed by atoms with E-state index in [1.807, 2.05) is 32.0 Å². The van der Waals surface area contributed by atoms with E-state index in [0.29, 0.717) is 11.6 Å². The summed E-state index contributed by atoms with van der Waals surface area (Å²) in [5.41, 5.74) is 5.83. The number of carbonyl (C=O) groups is 1. The molecule has 4 N–H and O–H groups in total. The number of likely N-dealkylation sites (N-methyl/N-ethyl adjacent to an activating group) is 1. The van der Waals surface area contributed by atoms with Crippen molar-refractivity contribution >= 4 is 29.0 Å². The van der Waals surface area contributed by atoms with Crippen LogP contribution in [-0.4, -0.2) is 28.5 Å². The van der Waals surface area contributed by atoms with Crippen LogP contribution in [0.5, 0.6) is 0 Å². The average molecular weight is 422 g/mol. The standard InChI is InChI=1S/C20H28ClN5O3/c1-4-6-10-26-18(22)17(19(28)24-20(26)29)25(5-2)16(27)12-23-13(3)14-8-7-9-15(21)11-14/h7-9,11,13,23H,4-6,10,12,22H2,1-3H3,(H,24,28,29). The van der Waals surface area contributed by atoms with Crippen molar-refractivity contribution in [2.75, 3.05) is 23.7 Å². The van der Waals surface area contributed by atoms with Gasteiger partial charge in [-0.2, -0.15) is 0 Å². The minimum absolute atomic E-state index is 0.00490. The number of benzene rings is 1. The molecule has 0 saturated heterocycles. The fraction of sp³-hybridized carbons (Fsp3) is 0.450. The molecule has 29 heavy (non-hydrogen) atoms. The predicted molar refractivity (Wildman–Crippen MR) is 117 cm³/mol. The molecule has 0 spiro atoms. The molecule has 8 nitrogen and oxygen atoms in total. The number of hydrogen-bond donors (Lipinski definition) is 3. The first-order valence-corrected chi connectivity index (χ1v) is 10.1. The SMILES string of the molecule is CCCCn1c(N)c(N(CC)C(=O)CNC(C)c2cccc(Cl)c2)c(=O)[nH]c1=O. The topological polar surface area (TPSA) is 113 Å². The maximum Gasteiger partial charge on any atom is 0.330 e. The molecular weight excluding hydrogens is 394 g/mol. The number of H-pyrrole nitrogens is 1. The molecule has 158 valence electrons. The number of anilines is 2. The Balaban J connectivity index is 2.23. The lowest BCUT2D eigenvalue weighted by Gasteiger charge is -2.24. The van der Waals surface area contributed by atoms with Gasteiger partial charge in [0.05, 0.1) is 6.54 Å². The van der Waals surface area contributed by atoms with E-state index in [0.717, 1.165) is 18.4 Å². The van der Waals surface area contributed by atoms with Gasteiger partial charge in [0.2, 0.25) is 5.91 Å². The zero-order chi connectivity index (χ0) is 21.6. The highest BCUT2D eigenvalue weighted by atomic mass is 35.5. The van der Waals surface area contributed by atoms with Crippen molar-refractivity contribution in [2.24, 2.45) is 0 Å². The molecule has 0 aliphatic rings. The van der Waals surface area contributed by atoms with Crippen LogP contribution in [0.3, 0.4) is 0 Å². The number of rotatable bonds is 9. The van der Waals surface area contributed by atoms with Gasteiger partial charge in [-0.05, 0) is 38.0 Å². The number of aromatic nitrogens is 2. The minimum Gasteiger partial charge on any atom is -0.383 e. The Morgan fingerprint density at radius 3 is 2.69 bits per heavy atom. The maximum absolute atomic E-state index is 12.8. The van der Waals surface area contributed by atoms with Gasteiger partial charge in [-0.3, -0.25) is 19.1 Å². The second-order valence-corrected chi connectivity index (χ2v) is 7.23. The number of amides is 1. The number of hydrogen-bond acceptors (Lipinski definition) is 5. The van der Waals surface area contributed by atoms with E-state index in [-0.39, 0.29) is 36.5 Å². The number of nitrogens with one attached hydrogen (secondary N) is 2. The third-order valence-electron chi connectivity index (χ3n) is 4.74. The van der Waals surface area contributed by atoms with E-state index in [9.17, 15) is 14.4 Å². The van der Waals surface area contributed by atoms with Gasteiger partial charge in [-0.15, -0.1) is 0 Å². The van der Waals surface area contributed by atoms with Crippen molar-refractivity contribution in [1.29, 1.82) is 0 Å². The van der Waals surface area contributed by atoms with Crippen molar-refractivity contribution in [3.05, 3.63) is 55.7 Å². The quantitative estimate of drug-likeness (QED) is 0.574. The first-order valence-electron chi connectivity index (χ1n) is 9.71. The molecule has 1 unspecified atom stereocenters. The Kier molecular flexibility index (Phi) is 8.04. The largest absolute Gasteiger partial charge is 0.383 e.